The highest BCUT2D eigenvalue weighted by molar-refractivity contribution is 5.43. The van der Waals surface area contributed by atoms with E-state index < -0.39 is 0 Å². The molecule has 1 rings (SSSR count). The van der Waals surface area contributed by atoms with Crippen LogP contribution in [-0.4, -0.2) is 17.1 Å². The van der Waals surface area contributed by atoms with Crippen LogP contribution >= 0.6 is 0 Å². The average Bonchev–Trinajstić information content (AvgIpc) is 2.37. The maximum Gasteiger partial charge on any atom is 0.0562 e. The molecule has 108 valence electrons. The molecule has 0 atom stereocenters. The summed E-state index contributed by atoms with van der Waals surface area (Å²) in [6.45, 7) is 12.9. The first-order chi connectivity index (χ1) is 8.94. The standard InChI is InChI=1S/C16H29N3/c1-6-13(7-2)11-18-14-8-9-17-15(10-14)12-19-16(3,4)5/h8-10,13,19H,6-7,11-12H2,1-5H3,(H,17,18). The van der Waals surface area contributed by atoms with Crippen LogP contribution in [-0.2, 0) is 6.54 Å². The van der Waals surface area contributed by atoms with Gasteiger partial charge in [-0.25, -0.2) is 0 Å². The van der Waals surface area contributed by atoms with Gasteiger partial charge in [0.25, 0.3) is 0 Å². The minimum absolute atomic E-state index is 0.126. The normalized spacial score (nSPS) is 11.9. The summed E-state index contributed by atoms with van der Waals surface area (Å²) in [6.07, 6.45) is 4.34. The van der Waals surface area contributed by atoms with Crippen molar-refractivity contribution in [2.75, 3.05) is 11.9 Å². The van der Waals surface area contributed by atoms with Gasteiger partial charge >= 0.3 is 0 Å². The van der Waals surface area contributed by atoms with Gasteiger partial charge in [-0.2, -0.15) is 0 Å². The Labute approximate surface area is 118 Å². The van der Waals surface area contributed by atoms with Crippen LogP contribution in [0.1, 0.15) is 53.2 Å². The van der Waals surface area contributed by atoms with Crippen molar-refractivity contribution in [1.29, 1.82) is 0 Å². The second kappa shape index (κ2) is 7.49. The second-order valence-electron chi connectivity index (χ2n) is 6.20. The lowest BCUT2D eigenvalue weighted by Crippen LogP contribution is -2.35. The summed E-state index contributed by atoms with van der Waals surface area (Å²) < 4.78 is 0. The maximum absolute atomic E-state index is 4.41. The van der Waals surface area contributed by atoms with Crippen molar-refractivity contribution < 1.29 is 0 Å². The third-order valence-electron chi connectivity index (χ3n) is 3.37. The Bertz CT molecular complexity index is 365. The summed E-state index contributed by atoms with van der Waals surface area (Å²) in [5.74, 6) is 0.754. The third kappa shape index (κ3) is 6.58. The van der Waals surface area contributed by atoms with Crippen LogP contribution in [0.25, 0.3) is 0 Å². The van der Waals surface area contributed by atoms with Crippen LogP contribution in [0, 0.1) is 5.92 Å². The van der Waals surface area contributed by atoms with E-state index >= 15 is 0 Å². The number of anilines is 1. The van der Waals surface area contributed by atoms with Crippen molar-refractivity contribution in [1.82, 2.24) is 10.3 Å². The van der Waals surface area contributed by atoms with Crippen molar-refractivity contribution in [3.8, 4) is 0 Å². The molecule has 0 amide bonds. The molecule has 19 heavy (non-hydrogen) atoms. The lowest BCUT2D eigenvalue weighted by molar-refractivity contribution is 0.421. The van der Waals surface area contributed by atoms with Gasteiger partial charge in [-0.3, -0.25) is 4.98 Å². The zero-order chi connectivity index (χ0) is 14.3. The number of nitrogens with zero attached hydrogens (tertiary/aromatic N) is 1. The number of pyridine rings is 1. The quantitative estimate of drug-likeness (QED) is 0.785. The molecule has 0 bridgehead atoms. The molecule has 3 heteroatoms. The van der Waals surface area contributed by atoms with Gasteiger partial charge in [-0.1, -0.05) is 26.7 Å². The van der Waals surface area contributed by atoms with E-state index in [9.17, 15) is 0 Å². The monoisotopic (exact) mass is 263 g/mol. The van der Waals surface area contributed by atoms with Gasteiger partial charge in [0.1, 0.15) is 0 Å². The van der Waals surface area contributed by atoms with Crippen LogP contribution < -0.4 is 10.6 Å². The van der Waals surface area contributed by atoms with E-state index in [-0.39, 0.29) is 5.54 Å². The molecular weight excluding hydrogens is 234 g/mol. The SMILES string of the molecule is CCC(CC)CNc1ccnc(CNC(C)(C)C)c1. The molecule has 0 aromatic carbocycles. The van der Waals surface area contributed by atoms with E-state index in [0.29, 0.717) is 0 Å². The zero-order valence-electron chi connectivity index (χ0n) is 13.1. The molecule has 0 aliphatic heterocycles. The third-order valence-corrected chi connectivity index (χ3v) is 3.37. The van der Waals surface area contributed by atoms with Crippen molar-refractivity contribution in [2.45, 2.75) is 59.5 Å². The number of rotatable bonds is 7. The van der Waals surface area contributed by atoms with Crippen LogP contribution in [0.15, 0.2) is 18.3 Å². The Kier molecular flexibility index (Phi) is 6.29. The molecule has 0 fully saturated rings. The molecule has 3 nitrogen and oxygen atoms in total. The Hall–Kier alpha value is -1.09. The molecule has 1 heterocycles. The van der Waals surface area contributed by atoms with Crippen molar-refractivity contribution in [3.05, 3.63) is 24.0 Å². The lowest BCUT2D eigenvalue weighted by Gasteiger charge is -2.20. The summed E-state index contributed by atoms with van der Waals surface area (Å²) >= 11 is 0. The summed E-state index contributed by atoms with van der Waals surface area (Å²) in [7, 11) is 0. The highest BCUT2D eigenvalue weighted by Crippen LogP contribution is 2.13. The van der Waals surface area contributed by atoms with Crippen molar-refractivity contribution in [2.24, 2.45) is 5.92 Å². The van der Waals surface area contributed by atoms with Crippen molar-refractivity contribution in [3.63, 3.8) is 0 Å². The van der Waals surface area contributed by atoms with Gasteiger partial charge in [0.15, 0.2) is 0 Å². The fraction of sp³-hybridized carbons (Fsp3) is 0.688. The first-order valence-electron chi connectivity index (χ1n) is 7.38. The molecule has 1 aromatic heterocycles. The van der Waals surface area contributed by atoms with E-state index in [4.69, 9.17) is 0 Å². The highest BCUT2D eigenvalue weighted by atomic mass is 15.0. The molecule has 0 aliphatic rings. The summed E-state index contributed by atoms with van der Waals surface area (Å²) in [5, 5.41) is 6.98. The smallest absolute Gasteiger partial charge is 0.0562 e. The zero-order valence-corrected chi connectivity index (χ0v) is 13.1. The molecule has 0 saturated heterocycles. The summed E-state index contributed by atoms with van der Waals surface area (Å²) in [6, 6.07) is 4.18. The first-order valence-corrected chi connectivity index (χ1v) is 7.38. The van der Waals surface area contributed by atoms with Gasteiger partial charge in [0.05, 0.1) is 5.69 Å². The minimum Gasteiger partial charge on any atom is -0.385 e. The van der Waals surface area contributed by atoms with E-state index in [0.717, 1.165) is 24.7 Å². The lowest BCUT2D eigenvalue weighted by atomic mass is 10.0. The molecule has 1 aromatic rings. The molecule has 2 N–H and O–H groups in total. The molecular formula is C16H29N3. The van der Waals surface area contributed by atoms with Crippen LogP contribution in [0.2, 0.25) is 0 Å². The molecule has 0 saturated carbocycles. The number of hydrogen-bond acceptors (Lipinski definition) is 3. The summed E-state index contributed by atoms with van der Waals surface area (Å²) in [5.41, 5.74) is 2.39. The number of aromatic nitrogens is 1. The predicted octanol–water partition coefficient (Wildman–Crippen LogP) is 3.82. The molecule has 0 aliphatic carbocycles. The van der Waals surface area contributed by atoms with Gasteiger partial charge in [-0.15, -0.1) is 0 Å². The van der Waals surface area contributed by atoms with Gasteiger partial charge in [0.2, 0.25) is 0 Å². The van der Waals surface area contributed by atoms with Gasteiger partial charge < -0.3 is 10.6 Å². The van der Waals surface area contributed by atoms with Crippen LogP contribution in [0.5, 0.6) is 0 Å². The van der Waals surface area contributed by atoms with E-state index in [2.05, 4.69) is 56.3 Å². The number of nitrogens with one attached hydrogen (secondary N) is 2. The predicted molar refractivity (Wildman–Crippen MR) is 83.4 cm³/mol. The average molecular weight is 263 g/mol. The second-order valence-corrected chi connectivity index (χ2v) is 6.20. The fourth-order valence-electron chi connectivity index (χ4n) is 1.88. The molecule has 0 spiro atoms. The Balaban J connectivity index is 2.52. The molecule has 0 unspecified atom stereocenters. The van der Waals surface area contributed by atoms with E-state index in [1.807, 2.05) is 12.3 Å². The van der Waals surface area contributed by atoms with E-state index in [1.165, 1.54) is 18.5 Å². The largest absolute Gasteiger partial charge is 0.385 e. The highest BCUT2D eigenvalue weighted by Gasteiger charge is 2.09. The first kappa shape index (κ1) is 16.0. The molecule has 0 radical (unpaired) electrons. The number of hydrogen-bond donors (Lipinski definition) is 2. The van der Waals surface area contributed by atoms with Gasteiger partial charge in [-0.05, 0) is 38.8 Å². The summed E-state index contributed by atoms with van der Waals surface area (Å²) in [4.78, 5) is 4.41. The van der Waals surface area contributed by atoms with Gasteiger partial charge in [0, 0.05) is 30.5 Å². The minimum atomic E-state index is 0.126. The fourth-order valence-corrected chi connectivity index (χ4v) is 1.88. The Morgan fingerprint density at radius 3 is 2.47 bits per heavy atom. The van der Waals surface area contributed by atoms with Crippen LogP contribution in [0.4, 0.5) is 5.69 Å². The Morgan fingerprint density at radius 1 is 1.21 bits per heavy atom. The topological polar surface area (TPSA) is 37.0 Å². The van der Waals surface area contributed by atoms with Crippen LogP contribution in [0.3, 0.4) is 0 Å². The van der Waals surface area contributed by atoms with E-state index in [1.54, 1.807) is 0 Å². The van der Waals surface area contributed by atoms with Crippen molar-refractivity contribution >= 4 is 5.69 Å². The maximum atomic E-state index is 4.41. The Morgan fingerprint density at radius 2 is 1.89 bits per heavy atom.